The van der Waals surface area contributed by atoms with E-state index in [-0.39, 0.29) is 12.2 Å². The van der Waals surface area contributed by atoms with E-state index in [0.29, 0.717) is 22.7 Å². The first kappa shape index (κ1) is 18.8. The number of fused-ring (bicyclic) bond motifs is 1. The quantitative estimate of drug-likeness (QED) is 0.354. The number of hydrogen-bond donors (Lipinski definition) is 5. The average Bonchev–Trinajstić information content (AvgIpc) is 3.15. The molecule has 0 bridgehead atoms. The number of aliphatic hydroxyl groups is 3. The van der Waals surface area contributed by atoms with E-state index in [1.54, 1.807) is 0 Å². The molecule has 6 N–H and O–H groups in total. The first-order valence-electron chi connectivity index (χ1n) is 7.83. The Hall–Kier alpha value is -1.99. The van der Waals surface area contributed by atoms with Crippen LogP contribution in [0, 0.1) is 0 Å². The third kappa shape index (κ3) is 3.59. The lowest BCUT2D eigenvalue weighted by atomic mass is 10.1. The summed E-state index contributed by atoms with van der Waals surface area (Å²) < 4.78 is 7.24. The number of anilines is 1. The fourth-order valence-electron chi connectivity index (χ4n) is 2.67. The van der Waals surface area contributed by atoms with Crippen molar-refractivity contribution in [1.82, 2.24) is 19.5 Å². The number of nitrogens with zero attached hydrogens (tertiary/aromatic N) is 4. The Kier molecular flexibility index (Phi) is 5.58. The Morgan fingerprint density at radius 3 is 2.85 bits per heavy atom. The van der Waals surface area contributed by atoms with Crippen LogP contribution in [0.5, 0.6) is 0 Å². The molecule has 2 aromatic heterocycles. The van der Waals surface area contributed by atoms with E-state index >= 15 is 0 Å². The number of aromatic nitrogens is 4. The lowest BCUT2D eigenvalue weighted by molar-refractivity contribution is -0.146. The second-order valence-corrected chi connectivity index (χ2v) is 7.00. The molecule has 0 radical (unpaired) electrons. The van der Waals surface area contributed by atoms with Crippen molar-refractivity contribution in [2.75, 3.05) is 17.2 Å². The number of aliphatic carboxylic acids is 1. The molecule has 0 aliphatic carbocycles. The molecule has 11 nitrogen and oxygen atoms in total. The minimum absolute atomic E-state index is 0.0805. The molecule has 2 aromatic rings. The topological polar surface area (TPSA) is 177 Å². The molecule has 0 amide bonds. The van der Waals surface area contributed by atoms with Crippen LogP contribution in [0.15, 0.2) is 12.7 Å². The highest BCUT2D eigenvalue weighted by molar-refractivity contribution is 7.99. The van der Waals surface area contributed by atoms with Crippen LogP contribution in [0.25, 0.3) is 11.2 Å². The molecular weight excluding hydrogens is 366 g/mol. The van der Waals surface area contributed by atoms with Gasteiger partial charge >= 0.3 is 5.97 Å². The SMILES string of the molecule is Nc1ncnc2c1ncn2[C@@H]1O[C@H](CSCC[C@@H](O)C(=O)O)[C@@H](O)[C@H]1O. The third-order valence-electron chi connectivity index (χ3n) is 4.10. The van der Waals surface area contributed by atoms with Gasteiger partial charge in [-0.2, -0.15) is 11.8 Å². The van der Waals surface area contributed by atoms with Crippen molar-refractivity contribution in [2.24, 2.45) is 0 Å². The van der Waals surface area contributed by atoms with E-state index in [1.807, 2.05) is 0 Å². The summed E-state index contributed by atoms with van der Waals surface area (Å²) in [6.07, 6.45) is -2.54. The number of ether oxygens (including phenoxy) is 1. The summed E-state index contributed by atoms with van der Waals surface area (Å²) in [5, 5.41) is 38.4. The van der Waals surface area contributed by atoms with Crippen molar-refractivity contribution in [3.63, 3.8) is 0 Å². The summed E-state index contributed by atoms with van der Waals surface area (Å²) in [5.41, 5.74) is 6.49. The minimum Gasteiger partial charge on any atom is -0.479 e. The van der Waals surface area contributed by atoms with Gasteiger partial charge in [0.2, 0.25) is 0 Å². The van der Waals surface area contributed by atoms with E-state index in [0.717, 1.165) is 0 Å². The van der Waals surface area contributed by atoms with E-state index in [2.05, 4.69) is 15.0 Å². The molecule has 1 aliphatic heterocycles. The summed E-state index contributed by atoms with van der Waals surface area (Å²) in [6.45, 7) is 0. The number of carbonyl (C=O) groups is 1. The van der Waals surface area contributed by atoms with Gasteiger partial charge in [-0.25, -0.2) is 19.7 Å². The first-order chi connectivity index (χ1) is 12.4. The van der Waals surface area contributed by atoms with Gasteiger partial charge in [0.15, 0.2) is 23.8 Å². The van der Waals surface area contributed by atoms with Crippen molar-refractivity contribution in [1.29, 1.82) is 0 Å². The van der Waals surface area contributed by atoms with Crippen LogP contribution < -0.4 is 5.73 Å². The van der Waals surface area contributed by atoms with Crippen molar-refractivity contribution >= 4 is 34.7 Å². The normalized spacial score (nSPS) is 27.0. The molecular formula is C14H19N5O6S. The maximum atomic E-state index is 10.6. The molecule has 26 heavy (non-hydrogen) atoms. The van der Waals surface area contributed by atoms with Gasteiger partial charge < -0.3 is 30.9 Å². The number of aliphatic hydroxyl groups excluding tert-OH is 3. The summed E-state index contributed by atoms with van der Waals surface area (Å²) >= 11 is 1.32. The van der Waals surface area contributed by atoms with Gasteiger partial charge in [0.1, 0.15) is 24.1 Å². The molecule has 1 aliphatic rings. The van der Waals surface area contributed by atoms with Crippen molar-refractivity contribution in [3.8, 4) is 0 Å². The maximum Gasteiger partial charge on any atom is 0.332 e. The van der Waals surface area contributed by atoms with E-state index in [4.69, 9.17) is 15.6 Å². The largest absolute Gasteiger partial charge is 0.479 e. The minimum atomic E-state index is -1.42. The van der Waals surface area contributed by atoms with Gasteiger partial charge in [-0.1, -0.05) is 0 Å². The smallest absolute Gasteiger partial charge is 0.332 e. The predicted molar refractivity (Wildman–Crippen MR) is 91.2 cm³/mol. The molecule has 1 fully saturated rings. The second-order valence-electron chi connectivity index (χ2n) is 5.85. The summed E-state index contributed by atoms with van der Waals surface area (Å²) in [6, 6.07) is 0. The zero-order chi connectivity index (χ0) is 18.8. The van der Waals surface area contributed by atoms with Gasteiger partial charge in [0, 0.05) is 5.75 Å². The van der Waals surface area contributed by atoms with Crippen molar-refractivity contribution < 1.29 is 30.0 Å². The van der Waals surface area contributed by atoms with E-state index in [1.165, 1.54) is 29.0 Å². The number of carboxylic acid groups (broad SMARTS) is 1. The van der Waals surface area contributed by atoms with Gasteiger partial charge in [-0.05, 0) is 12.2 Å². The van der Waals surface area contributed by atoms with Crippen molar-refractivity contribution in [2.45, 2.75) is 37.1 Å². The molecule has 1 saturated heterocycles. The number of nitrogen functional groups attached to an aromatic ring is 1. The maximum absolute atomic E-state index is 10.6. The highest BCUT2D eigenvalue weighted by Crippen LogP contribution is 2.33. The van der Waals surface area contributed by atoms with Crippen LogP contribution in [-0.4, -0.2) is 81.8 Å². The Balaban J connectivity index is 1.64. The molecule has 0 spiro atoms. The highest BCUT2D eigenvalue weighted by Gasteiger charge is 2.44. The number of thioether (sulfide) groups is 1. The van der Waals surface area contributed by atoms with E-state index in [9.17, 15) is 20.1 Å². The van der Waals surface area contributed by atoms with Crippen LogP contribution >= 0.6 is 11.8 Å². The Morgan fingerprint density at radius 2 is 2.12 bits per heavy atom. The third-order valence-corrected chi connectivity index (χ3v) is 5.19. The van der Waals surface area contributed by atoms with Gasteiger partial charge in [0.25, 0.3) is 0 Å². The zero-order valence-corrected chi connectivity index (χ0v) is 14.4. The predicted octanol–water partition coefficient (Wildman–Crippen LogP) is -1.40. The molecule has 12 heteroatoms. The second kappa shape index (κ2) is 7.72. The Morgan fingerprint density at radius 1 is 1.35 bits per heavy atom. The van der Waals surface area contributed by atoms with Gasteiger partial charge in [0.05, 0.1) is 12.4 Å². The van der Waals surface area contributed by atoms with Crippen LogP contribution in [0.1, 0.15) is 12.6 Å². The fourth-order valence-corrected chi connectivity index (χ4v) is 3.74. The molecule has 0 unspecified atom stereocenters. The number of rotatable bonds is 7. The lowest BCUT2D eigenvalue weighted by Gasteiger charge is -2.16. The number of nitrogens with two attached hydrogens (primary N) is 1. The highest BCUT2D eigenvalue weighted by atomic mass is 32.2. The molecule has 0 aromatic carbocycles. The number of carboxylic acids is 1. The van der Waals surface area contributed by atoms with Crippen LogP contribution in [-0.2, 0) is 9.53 Å². The standard InChI is InChI=1S/C14H19N5O6S/c15-11-8-12(17-4-16-11)19(5-18-8)13-10(22)9(21)7(25-13)3-26-2-1-6(20)14(23)24/h4-7,9-10,13,20-22H,1-3H2,(H,23,24)(H2,15,16,17)/t6-,7-,9-,10-,13-/m1/s1. The summed E-state index contributed by atoms with van der Waals surface area (Å²) in [4.78, 5) is 22.6. The lowest BCUT2D eigenvalue weighted by Crippen LogP contribution is -2.32. The van der Waals surface area contributed by atoms with Gasteiger partial charge in [-0.15, -0.1) is 0 Å². The molecule has 0 saturated carbocycles. The summed E-state index contributed by atoms with van der Waals surface area (Å²) in [5.74, 6) is -0.374. The average molecular weight is 385 g/mol. The Labute approximate surface area is 151 Å². The summed E-state index contributed by atoms with van der Waals surface area (Å²) in [7, 11) is 0. The molecule has 142 valence electrons. The van der Waals surface area contributed by atoms with Crippen LogP contribution in [0.3, 0.4) is 0 Å². The monoisotopic (exact) mass is 385 g/mol. The van der Waals surface area contributed by atoms with Crippen LogP contribution in [0.4, 0.5) is 5.82 Å². The fraction of sp³-hybridized carbons (Fsp3) is 0.571. The zero-order valence-electron chi connectivity index (χ0n) is 13.5. The van der Waals surface area contributed by atoms with Gasteiger partial charge in [-0.3, -0.25) is 4.57 Å². The van der Waals surface area contributed by atoms with E-state index < -0.39 is 36.6 Å². The number of imidazole rings is 1. The molecule has 5 atom stereocenters. The van der Waals surface area contributed by atoms with Crippen molar-refractivity contribution in [3.05, 3.63) is 12.7 Å². The number of hydrogen-bond acceptors (Lipinski definition) is 10. The first-order valence-corrected chi connectivity index (χ1v) is 8.99. The van der Waals surface area contributed by atoms with Crippen LogP contribution in [0.2, 0.25) is 0 Å². The molecule has 3 rings (SSSR count). The molecule has 3 heterocycles. The Bertz CT molecular complexity index is 788.